The molecule has 0 aromatic rings. The molecule has 2 fully saturated rings. The molecule has 0 aromatic carbocycles. The lowest BCUT2D eigenvalue weighted by molar-refractivity contribution is -0.156. The highest BCUT2D eigenvalue weighted by Gasteiger charge is 2.37. The quantitative estimate of drug-likeness (QED) is 0.846. The van der Waals surface area contributed by atoms with Gasteiger partial charge in [0, 0.05) is 19.1 Å². The fraction of sp³-hybridized carbons (Fsp3) is 0.857. The van der Waals surface area contributed by atoms with E-state index in [1.54, 1.807) is 4.90 Å². The van der Waals surface area contributed by atoms with Crippen LogP contribution in [0.3, 0.4) is 0 Å². The highest BCUT2D eigenvalue weighted by atomic mass is 16.5. The van der Waals surface area contributed by atoms with E-state index in [-0.39, 0.29) is 17.9 Å². The summed E-state index contributed by atoms with van der Waals surface area (Å²) in [7, 11) is 0. The molecule has 19 heavy (non-hydrogen) atoms. The average Bonchev–Trinajstić information content (AvgIpc) is 2.46. The first-order valence-corrected chi connectivity index (χ1v) is 7.28. The van der Waals surface area contributed by atoms with E-state index in [2.05, 4.69) is 6.92 Å². The van der Waals surface area contributed by atoms with Crippen molar-refractivity contribution in [2.75, 3.05) is 13.2 Å². The number of ether oxygens (including phenoxy) is 1. The van der Waals surface area contributed by atoms with Crippen molar-refractivity contribution in [2.24, 2.45) is 5.92 Å². The Balaban J connectivity index is 2.02. The molecule has 2 rings (SSSR count). The molecular formula is C14H23NO4. The van der Waals surface area contributed by atoms with Crippen LogP contribution in [-0.2, 0) is 14.3 Å². The Kier molecular flexibility index (Phi) is 4.80. The van der Waals surface area contributed by atoms with E-state index >= 15 is 0 Å². The molecule has 2 heterocycles. The first-order valence-electron chi connectivity index (χ1n) is 7.28. The summed E-state index contributed by atoms with van der Waals surface area (Å²) in [6, 6.07) is -0.621. The molecule has 0 spiro atoms. The van der Waals surface area contributed by atoms with Crippen LogP contribution in [0.15, 0.2) is 0 Å². The number of amides is 1. The molecule has 0 aliphatic carbocycles. The number of carbonyl (C=O) groups excluding carboxylic acids is 1. The van der Waals surface area contributed by atoms with Gasteiger partial charge in [-0.3, -0.25) is 4.79 Å². The van der Waals surface area contributed by atoms with Crippen LogP contribution in [0.1, 0.15) is 45.4 Å². The zero-order valence-corrected chi connectivity index (χ0v) is 11.5. The molecule has 3 atom stereocenters. The van der Waals surface area contributed by atoms with Gasteiger partial charge in [0.2, 0.25) is 5.91 Å². The van der Waals surface area contributed by atoms with Gasteiger partial charge in [0.15, 0.2) is 0 Å². The molecule has 5 heteroatoms. The summed E-state index contributed by atoms with van der Waals surface area (Å²) in [5.74, 6) is -0.903. The van der Waals surface area contributed by atoms with Crippen LogP contribution >= 0.6 is 0 Å². The lowest BCUT2D eigenvalue weighted by atomic mass is 9.91. The molecule has 0 bridgehead atoms. The Bertz CT molecular complexity index is 344. The number of nitrogens with zero attached hydrogens (tertiary/aromatic N) is 1. The summed E-state index contributed by atoms with van der Waals surface area (Å²) >= 11 is 0. The van der Waals surface area contributed by atoms with Crippen molar-refractivity contribution < 1.29 is 19.4 Å². The van der Waals surface area contributed by atoms with E-state index in [9.17, 15) is 14.7 Å². The maximum absolute atomic E-state index is 12.5. The highest BCUT2D eigenvalue weighted by molar-refractivity contribution is 5.85. The van der Waals surface area contributed by atoms with Crippen LogP contribution in [0.2, 0.25) is 0 Å². The number of piperidine rings is 1. The van der Waals surface area contributed by atoms with E-state index in [1.807, 2.05) is 0 Å². The van der Waals surface area contributed by atoms with Gasteiger partial charge in [0.1, 0.15) is 6.04 Å². The van der Waals surface area contributed by atoms with E-state index in [4.69, 9.17) is 4.74 Å². The lowest BCUT2D eigenvalue weighted by Crippen LogP contribution is -2.51. The molecular weight excluding hydrogens is 246 g/mol. The minimum Gasteiger partial charge on any atom is -0.480 e. The van der Waals surface area contributed by atoms with E-state index in [0.29, 0.717) is 19.6 Å². The molecule has 1 amide bonds. The first kappa shape index (κ1) is 14.3. The standard InChI is InChI=1S/C14H23NO4/c1-2-11-9-10(6-8-19-11)13(16)15-7-4-3-5-12(15)14(17)18/h10-12H,2-9H2,1H3,(H,17,18). The van der Waals surface area contributed by atoms with Crippen LogP contribution < -0.4 is 0 Å². The normalized spacial score (nSPS) is 32.1. The third-order valence-corrected chi connectivity index (χ3v) is 4.24. The van der Waals surface area contributed by atoms with Gasteiger partial charge in [-0.25, -0.2) is 4.79 Å². The Hall–Kier alpha value is -1.10. The van der Waals surface area contributed by atoms with Crippen molar-refractivity contribution >= 4 is 11.9 Å². The Morgan fingerprint density at radius 1 is 1.32 bits per heavy atom. The maximum atomic E-state index is 12.5. The fourth-order valence-electron chi connectivity index (χ4n) is 3.08. The average molecular weight is 269 g/mol. The van der Waals surface area contributed by atoms with Gasteiger partial charge < -0.3 is 14.7 Å². The van der Waals surface area contributed by atoms with Crippen molar-refractivity contribution in [3.8, 4) is 0 Å². The van der Waals surface area contributed by atoms with Crippen LogP contribution in [0.4, 0.5) is 0 Å². The highest BCUT2D eigenvalue weighted by Crippen LogP contribution is 2.27. The van der Waals surface area contributed by atoms with Crippen LogP contribution in [0.25, 0.3) is 0 Å². The summed E-state index contributed by atoms with van der Waals surface area (Å²) in [6.45, 7) is 3.25. The van der Waals surface area contributed by atoms with Crippen molar-refractivity contribution in [2.45, 2.75) is 57.6 Å². The van der Waals surface area contributed by atoms with E-state index in [1.165, 1.54) is 0 Å². The Labute approximate surface area is 113 Å². The second kappa shape index (κ2) is 6.37. The van der Waals surface area contributed by atoms with Crippen molar-refractivity contribution in [1.29, 1.82) is 0 Å². The molecule has 3 unspecified atom stereocenters. The number of hydrogen-bond acceptors (Lipinski definition) is 3. The third kappa shape index (κ3) is 3.26. The summed E-state index contributed by atoms with van der Waals surface area (Å²) in [6.07, 6.45) is 4.90. The number of carboxylic acids is 1. The predicted molar refractivity (Wildman–Crippen MR) is 69.7 cm³/mol. The first-order chi connectivity index (χ1) is 9.13. The molecule has 5 nitrogen and oxygen atoms in total. The van der Waals surface area contributed by atoms with Crippen molar-refractivity contribution in [3.63, 3.8) is 0 Å². The topological polar surface area (TPSA) is 66.8 Å². The number of likely N-dealkylation sites (tertiary alicyclic amines) is 1. The molecule has 2 saturated heterocycles. The van der Waals surface area contributed by atoms with Gasteiger partial charge in [-0.15, -0.1) is 0 Å². The summed E-state index contributed by atoms with van der Waals surface area (Å²) in [4.78, 5) is 25.4. The van der Waals surface area contributed by atoms with Gasteiger partial charge >= 0.3 is 5.97 Å². The van der Waals surface area contributed by atoms with E-state index in [0.717, 1.165) is 32.1 Å². The number of aliphatic carboxylic acids is 1. The van der Waals surface area contributed by atoms with Gasteiger partial charge in [0.05, 0.1) is 6.10 Å². The van der Waals surface area contributed by atoms with E-state index < -0.39 is 12.0 Å². The number of carbonyl (C=O) groups is 2. The number of hydrogen-bond donors (Lipinski definition) is 1. The predicted octanol–water partition coefficient (Wildman–Crippen LogP) is 1.66. The smallest absolute Gasteiger partial charge is 0.326 e. The molecule has 0 radical (unpaired) electrons. The summed E-state index contributed by atoms with van der Waals surface area (Å²) in [5.41, 5.74) is 0. The second-order valence-corrected chi connectivity index (χ2v) is 5.50. The molecule has 108 valence electrons. The molecule has 0 saturated carbocycles. The Morgan fingerprint density at radius 2 is 2.11 bits per heavy atom. The monoisotopic (exact) mass is 269 g/mol. The molecule has 0 aromatic heterocycles. The zero-order valence-electron chi connectivity index (χ0n) is 11.5. The fourth-order valence-corrected chi connectivity index (χ4v) is 3.08. The van der Waals surface area contributed by atoms with Gasteiger partial charge in [-0.2, -0.15) is 0 Å². The second-order valence-electron chi connectivity index (χ2n) is 5.50. The maximum Gasteiger partial charge on any atom is 0.326 e. The van der Waals surface area contributed by atoms with Crippen LogP contribution in [-0.4, -0.2) is 47.2 Å². The van der Waals surface area contributed by atoms with Crippen LogP contribution in [0, 0.1) is 5.92 Å². The number of carboxylic acid groups (broad SMARTS) is 1. The number of rotatable bonds is 3. The summed E-state index contributed by atoms with van der Waals surface area (Å²) < 4.78 is 5.58. The lowest BCUT2D eigenvalue weighted by Gasteiger charge is -2.37. The zero-order chi connectivity index (χ0) is 13.8. The van der Waals surface area contributed by atoms with Gasteiger partial charge in [0.25, 0.3) is 0 Å². The SMILES string of the molecule is CCC1CC(C(=O)N2CCCCC2C(=O)O)CCO1. The minimum absolute atomic E-state index is 0.0221. The molecule has 1 N–H and O–H groups in total. The minimum atomic E-state index is -0.868. The summed E-state index contributed by atoms with van der Waals surface area (Å²) in [5, 5.41) is 9.24. The van der Waals surface area contributed by atoms with Gasteiger partial charge in [-0.05, 0) is 38.5 Å². The van der Waals surface area contributed by atoms with Crippen LogP contribution in [0.5, 0.6) is 0 Å². The third-order valence-electron chi connectivity index (χ3n) is 4.24. The van der Waals surface area contributed by atoms with Gasteiger partial charge in [-0.1, -0.05) is 6.92 Å². The molecule has 2 aliphatic rings. The largest absolute Gasteiger partial charge is 0.480 e. The van der Waals surface area contributed by atoms with Crippen molar-refractivity contribution in [3.05, 3.63) is 0 Å². The molecule has 2 aliphatic heterocycles. The Morgan fingerprint density at radius 3 is 2.79 bits per heavy atom. The van der Waals surface area contributed by atoms with Crippen molar-refractivity contribution in [1.82, 2.24) is 4.90 Å².